The van der Waals surface area contributed by atoms with Crippen molar-refractivity contribution in [3.63, 3.8) is 0 Å². The van der Waals surface area contributed by atoms with Crippen molar-refractivity contribution in [2.75, 3.05) is 5.32 Å². The molecule has 6 heteroatoms. The monoisotopic (exact) mass is 269 g/mol. The van der Waals surface area contributed by atoms with Crippen LogP contribution in [0.25, 0.3) is 10.9 Å². The number of aromatic nitrogens is 2. The SMILES string of the molecule is O=C(O)c1cccc2nc(NCc3ccno3)ccc12. The molecular weight excluding hydrogens is 258 g/mol. The Morgan fingerprint density at radius 3 is 2.90 bits per heavy atom. The number of hydrogen-bond donors (Lipinski definition) is 2. The number of nitrogens with one attached hydrogen (secondary N) is 1. The highest BCUT2D eigenvalue weighted by molar-refractivity contribution is 6.02. The molecule has 6 nitrogen and oxygen atoms in total. The van der Waals surface area contributed by atoms with E-state index < -0.39 is 5.97 Å². The number of rotatable bonds is 4. The molecule has 20 heavy (non-hydrogen) atoms. The molecule has 0 radical (unpaired) electrons. The molecule has 3 aromatic rings. The van der Waals surface area contributed by atoms with Gasteiger partial charge in [-0.05, 0) is 24.3 Å². The van der Waals surface area contributed by atoms with Crippen molar-refractivity contribution < 1.29 is 14.4 Å². The lowest BCUT2D eigenvalue weighted by Crippen LogP contribution is -2.02. The number of aromatic carboxylic acids is 1. The first-order chi connectivity index (χ1) is 9.74. The zero-order valence-corrected chi connectivity index (χ0v) is 10.4. The highest BCUT2D eigenvalue weighted by Crippen LogP contribution is 2.19. The van der Waals surface area contributed by atoms with Gasteiger partial charge in [0.2, 0.25) is 0 Å². The Labute approximate surface area is 114 Å². The van der Waals surface area contributed by atoms with E-state index in [9.17, 15) is 4.79 Å². The number of pyridine rings is 1. The first-order valence-corrected chi connectivity index (χ1v) is 6.00. The molecule has 0 bridgehead atoms. The van der Waals surface area contributed by atoms with Gasteiger partial charge in [-0.1, -0.05) is 11.2 Å². The minimum Gasteiger partial charge on any atom is -0.478 e. The average Bonchev–Trinajstić information content (AvgIpc) is 2.97. The Bertz CT molecular complexity index is 753. The molecule has 100 valence electrons. The van der Waals surface area contributed by atoms with E-state index in [1.807, 2.05) is 0 Å². The highest BCUT2D eigenvalue weighted by atomic mass is 16.5. The van der Waals surface area contributed by atoms with Crippen molar-refractivity contribution in [2.24, 2.45) is 0 Å². The minimum atomic E-state index is -0.959. The summed E-state index contributed by atoms with van der Waals surface area (Å²) in [6.45, 7) is 0.469. The third-order valence-electron chi connectivity index (χ3n) is 2.90. The van der Waals surface area contributed by atoms with E-state index in [1.165, 1.54) is 0 Å². The predicted octanol–water partition coefficient (Wildman–Crippen LogP) is 2.53. The normalized spacial score (nSPS) is 10.6. The van der Waals surface area contributed by atoms with Gasteiger partial charge in [-0.2, -0.15) is 0 Å². The zero-order chi connectivity index (χ0) is 13.9. The van der Waals surface area contributed by atoms with Gasteiger partial charge in [-0.3, -0.25) is 0 Å². The van der Waals surface area contributed by atoms with E-state index >= 15 is 0 Å². The van der Waals surface area contributed by atoms with E-state index in [4.69, 9.17) is 9.63 Å². The topological polar surface area (TPSA) is 88.2 Å². The maximum absolute atomic E-state index is 11.1. The molecule has 0 unspecified atom stereocenters. The van der Waals surface area contributed by atoms with Crippen LogP contribution in [0.1, 0.15) is 16.1 Å². The Morgan fingerprint density at radius 2 is 2.15 bits per heavy atom. The molecule has 0 saturated heterocycles. The highest BCUT2D eigenvalue weighted by Gasteiger charge is 2.09. The molecule has 0 atom stereocenters. The van der Waals surface area contributed by atoms with E-state index in [2.05, 4.69) is 15.5 Å². The summed E-state index contributed by atoms with van der Waals surface area (Å²) in [6.07, 6.45) is 1.57. The second-order valence-electron chi connectivity index (χ2n) is 4.21. The van der Waals surface area contributed by atoms with Gasteiger partial charge in [-0.15, -0.1) is 0 Å². The van der Waals surface area contributed by atoms with Crippen molar-refractivity contribution in [1.29, 1.82) is 0 Å². The summed E-state index contributed by atoms with van der Waals surface area (Å²) < 4.78 is 4.98. The number of carbonyl (C=O) groups is 1. The standard InChI is InChI=1S/C14H11N3O3/c18-14(19)11-2-1-3-12-10(11)4-5-13(17-12)15-8-9-6-7-16-20-9/h1-7H,8H2,(H,15,17)(H,18,19). The lowest BCUT2D eigenvalue weighted by Gasteiger charge is -2.06. The van der Waals surface area contributed by atoms with Crippen LogP contribution < -0.4 is 5.32 Å². The molecule has 2 heterocycles. The van der Waals surface area contributed by atoms with E-state index in [-0.39, 0.29) is 5.56 Å². The van der Waals surface area contributed by atoms with Gasteiger partial charge in [-0.25, -0.2) is 9.78 Å². The van der Waals surface area contributed by atoms with Gasteiger partial charge in [0.15, 0.2) is 5.76 Å². The van der Waals surface area contributed by atoms with Crippen LogP contribution in [0.2, 0.25) is 0 Å². The molecule has 0 aliphatic rings. The molecule has 0 spiro atoms. The summed E-state index contributed by atoms with van der Waals surface area (Å²) in [5, 5.41) is 16.4. The quantitative estimate of drug-likeness (QED) is 0.756. The number of hydrogen-bond acceptors (Lipinski definition) is 5. The van der Waals surface area contributed by atoms with E-state index in [0.29, 0.717) is 29.0 Å². The fourth-order valence-corrected chi connectivity index (χ4v) is 1.95. The second kappa shape index (κ2) is 5.00. The van der Waals surface area contributed by atoms with Crippen LogP contribution in [0, 0.1) is 0 Å². The molecule has 0 aliphatic heterocycles. The zero-order valence-electron chi connectivity index (χ0n) is 10.4. The maximum Gasteiger partial charge on any atom is 0.336 e. The third kappa shape index (κ3) is 2.31. The Morgan fingerprint density at radius 1 is 1.25 bits per heavy atom. The molecule has 3 rings (SSSR count). The first kappa shape index (κ1) is 12.2. The Kier molecular flexibility index (Phi) is 3.04. The van der Waals surface area contributed by atoms with Crippen molar-refractivity contribution in [3.05, 3.63) is 53.9 Å². The number of carboxylic acids is 1. The Balaban J connectivity index is 1.89. The molecular formula is C14H11N3O3. The summed E-state index contributed by atoms with van der Waals surface area (Å²) in [4.78, 5) is 15.5. The first-order valence-electron chi connectivity index (χ1n) is 6.00. The minimum absolute atomic E-state index is 0.247. The molecule has 2 N–H and O–H groups in total. The summed E-state index contributed by atoms with van der Waals surface area (Å²) in [5.74, 6) is 0.391. The van der Waals surface area contributed by atoms with Crippen LogP contribution in [-0.4, -0.2) is 21.2 Å². The fourth-order valence-electron chi connectivity index (χ4n) is 1.95. The lowest BCUT2D eigenvalue weighted by atomic mass is 10.1. The molecule has 1 aromatic carbocycles. The van der Waals surface area contributed by atoms with Crippen molar-refractivity contribution in [1.82, 2.24) is 10.1 Å². The van der Waals surface area contributed by atoms with Crippen molar-refractivity contribution in [2.45, 2.75) is 6.54 Å². The average molecular weight is 269 g/mol. The second-order valence-corrected chi connectivity index (χ2v) is 4.21. The number of benzene rings is 1. The van der Waals surface area contributed by atoms with Crippen LogP contribution in [0.4, 0.5) is 5.82 Å². The van der Waals surface area contributed by atoms with E-state index in [0.717, 1.165) is 0 Å². The molecule has 0 amide bonds. The van der Waals surface area contributed by atoms with Crippen molar-refractivity contribution in [3.8, 4) is 0 Å². The van der Waals surface area contributed by atoms with Crippen LogP contribution >= 0.6 is 0 Å². The van der Waals surface area contributed by atoms with Crippen LogP contribution in [0.15, 0.2) is 47.1 Å². The largest absolute Gasteiger partial charge is 0.478 e. The van der Waals surface area contributed by atoms with E-state index in [1.54, 1.807) is 42.6 Å². The van der Waals surface area contributed by atoms with Crippen molar-refractivity contribution >= 4 is 22.7 Å². The predicted molar refractivity (Wildman–Crippen MR) is 72.5 cm³/mol. The van der Waals surface area contributed by atoms with Gasteiger partial charge in [0, 0.05) is 11.5 Å². The fraction of sp³-hybridized carbons (Fsp3) is 0.0714. The molecule has 0 saturated carbocycles. The molecule has 0 aliphatic carbocycles. The number of anilines is 1. The lowest BCUT2D eigenvalue weighted by molar-refractivity contribution is 0.0699. The van der Waals surface area contributed by atoms with Crippen LogP contribution in [0.5, 0.6) is 0 Å². The Hall–Kier alpha value is -2.89. The molecule has 2 aromatic heterocycles. The number of fused-ring (bicyclic) bond motifs is 1. The third-order valence-corrected chi connectivity index (χ3v) is 2.90. The summed E-state index contributed by atoms with van der Waals surface area (Å²) in [7, 11) is 0. The summed E-state index contributed by atoms with van der Waals surface area (Å²) in [5.41, 5.74) is 0.879. The van der Waals surface area contributed by atoms with Crippen LogP contribution in [-0.2, 0) is 6.54 Å². The van der Waals surface area contributed by atoms with Gasteiger partial charge in [0.05, 0.1) is 23.8 Å². The van der Waals surface area contributed by atoms with Crippen LogP contribution in [0.3, 0.4) is 0 Å². The van der Waals surface area contributed by atoms with Gasteiger partial charge in [0.1, 0.15) is 5.82 Å². The van der Waals surface area contributed by atoms with Gasteiger partial charge >= 0.3 is 5.97 Å². The summed E-state index contributed by atoms with van der Waals surface area (Å²) >= 11 is 0. The maximum atomic E-state index is 11.1. The van der Waals surface area contributed by atoms with Gasteiger partial charge in [0.25, 0.3) is 0 Å². The smallest absolute Gasteiger partial charge is 0.336 e. The van der Waals surface area contributed by atoms with Gasteiger partial charge < -0.3 is 14.9 Å². The number of carboxylic acid groups (broad SMARTS) is 1. The summed E-state index contributed by atoms with van der Waals surface area (Å²) in [6, 6.07) is 10.3. The molecule has 0 fully saturated rings. The number of nitrogens with zero attached hydrogens (tertiary/aromatic N) is 2.